The van der Waals surface area contributed by atoms with E-state index >= 15 is 0 Å². The fourth-order valence-electron chi connectivity index (χ4n) is 6.14. The first-order chi connectivity index (χ1) is 22.4. The maximum absolute atomic E-state index is 14.5. The second-order valence-corrected chi connectivity index (χ2v) is 11.7. The SMILES string of the molecule is CC(c1ccc(C(F)(F)F)cn1)n1cc(-c2nc3cc(F)c(F)cc3[nH]2)c2c(N3CCC(N)CC3)c(-c3cc(F)cc(F)c3)cnc21. The number of nitrogens with zero attached hydrogens (tertiary/aromatic N) is 5. The average molecular weight is 654 g/mol. The predicted molar refractivity (Wildman–Crippen MR) is 163 cm³/mol. The average Bonchev–Trinajstić information content (AvgIpc) is 3.61. The lowest BCUT2D eigenvalue weighted by atomic mass is 9.98. The number of halogens is 7. The van der Waals surface area contributed by atoms with E-state index in [2.05, 4.69) is 15.0 Å². The fourth-order valence-corrected chi connectivity index (χ4v) is 6.14. The number of hydrogen-bond donors (Lipinski definition) is 2. The molecule has 3 N–H and O–H groups in total. The van der Waals surface area contributed by atoms with Crippen molar-refractivity contribution in [3.63, 3.8) is 0 Å². The van der Waals surface area contributed by atoms with Crippen LogP contribution >= 0.6 is 0 Å². The van der Waals surface area contributed by atoms with E-state index in [0.717, 1.165) is 30.5 Å². The van der Waals surface area contributed by atoms with Gasteiger partial charge in [-0.1, -0.05) is 0 Å². The summed E-state index contributed by atoms with van der Waals surface area (Å²) in [6.07, 6.45) is 0.631. The van der Waals surface area contributed by atoms with Crippen LogP contribution in [0.5, 0.6) is 0 Å². The lowest BCUT2D eigenvalue weighted by molar-refractivity contribution is -0.137. The lowest BCUT2D eigenvalue weighted by Crippen LogP contribution is -2.40. The zero-order chi connectivity index (χ0) is 33.2. The third kappa shape index (κ3) is 5.56. The molecular formula is C33H26F7N7. The van der Waals surface area contributed by atoms with Gasteiger partial charge < -0.3 is 20.2 Å². The van der Waals surface area contributed by atoms with E-state index in [1.165, 1.54) is 24.4 Å². The number of rotatable bonds is 5. The summed E-state index contributed by atoms with van der Waals surface area (Å²) in [5, 5.41) is 0.501. The second-order valence-electron chi connectivity index (χ2n) is 11.7. The number of hydrogen-bond acceptors (Lipinski definition) is 5. The summed E-state index contributed by atoms with van der Waals surface area (Å²) in [6.45, 7) is 2.74. The van der Waals surface area contributed by atoms with Crippen LogP contribution in [-0.2, 0) is 6.18 Å². The molecule has 7 rings (SSSR count). The summed E-state index contributed by atoms with van der Waals surface area (Å²) in [5.41, 5.74) is 8.02. The number of fused-ring (bicyclic) bond motifs is 2. The Morgan fingerprint density at radius 1 is 0.894 bits per heavy atom. The van der Waals surface area contributed by atoms with Gasteiger partial charge in [0.2, 0.25) is 0 Å². The summed E-state index contributed by atoms with van der Waals surface area (Å²) in [7, 11) is 0. The molecule has 0 spiro atoms. The van der Waals surface area contributed by atoms with Crippen molar-refractivity contribution < 1.29 is 30.7 Å². The monoisotopic (exact) mass is 653 g/mol. The van der Waals surface area contributed by atoms with Crippen LogP contribution in [-0.4, -0.2) is 43.6 Å². The Kier molecular flexibility index (Phi) is 7.42. The van der Waals surface area contributed by atoms with E-state index in [1.807, 2.05) is 4.90 Å². The zero-order valence-corrected chi connectivity index (χ0v) is 24.7. The van der Waals surface area contributed by atoms with Crippen LogP contribution in [0.25, 0.3) is 44.6 Å². The van der Waals surface area contributed by atoms with E-state index in [1.54, 1.807) is 17.7 Å². The van der Waals surface area contributed by atoms with Crippen LogP contribution in [0.3, 0.4) is 0 Å². The number of H-pyrrole nitrogens is 1. The molecule has 1 atom stereocenters. The summed E-state index contributed by atoms with van der Waals surface area (Å²) < 4.78 is 98.9. The van der Waals surface area contributed by atoms with Gasteiger partial charge in [-0.2, -0.15) is 13.2 Å². The van der Waals surface area contributed by atoms with Gasteiger partial charge in [-0.25, -0.2) is 27.5 Å². The van der Waals surface area contributed by atoms with Crippen molar-refractivity contribution in [2.75, 3.05) is 18.0 Å². The molecule has 1 aliphatic rings. The first-order valence-corrected chi connectivity index (χ1v) is 14.8. The fraction of sp³-hybridized carbons (Fsp3) is 0.242. The molecule has 0 amide bonds. The van der Waals surface area contributed by atoms with E-state index in [0.29, 0.717) is 59.5 Å². The number of aromatic nitrogens is 5. The highest BCUT2D eigenvalue weighted by Crippen LogP contribution is 2.44. The van der Waals surface area contributed by atoms with Crippen molar-refractivity contribution >= 4 is 27.8 Å². The quantitative estimate of drug-likeness (QED) is 0.186. The summed E-state index contributed by atoms with van der Waals surface area (Å²) in [5.74, 6) is -3.50. The highest BCUT2D eigenvalue weighted by atomic mass is 19.4. The van der Waals surface area contributed by atoms with Crippen LogP contribution in [0.1, 0.15) is 37.1 Å². The van der Waals surface area contributed by atoms with Gasteiger partial charge in [0, 0.05) is 67.0 Å². The molecular weight excluding hydrogens is 627 g/mol. The standard InChI is InChI=1S/C33H26F7N7/c1-16(26-3-2-18(13-42-26)33(38,39)40)47-15-23(31-44-27-11-24(36)25(37)12-28(27)45-31)29-30(46-6-4-21(41)5-7-46)22(14-43-32(29)47)17-8-19(34)10-20(35)9-17/h2-3,8-16,21H,4-7,41H2,1H3,(H,44,45). The van der Waals surface area contributed by atoms with E-state index in [4.69, 9.17) is 10.7 Å². The van der Waals surface area contributed by atoms with Crippen molar-refractivity contribution in [1.82, 2.24) is 24.5 Å². The molecule has 242 valence electrons. The first kappa shape index (κ1) is 30.7. The highest BCUT2D eigenvalue weighted by molar-refractivity contribution is 6.07. The lowest BCUT2D eigenvalue weighted by Gasteiger charge is -2.34. The normalized spacial score (nSPS) is 15.2. The molecule has 14 heteroatoms. The van der Waals surface area contributed by atoms with E-state index < -0.39 is 41.1 Å². The number of piperidine rings is 1. The first-order valence-electron chi connectivity index (χ1n) is 14.8. The molecule has 1 fully saturated rings. The van der Waals surface area contributed by atoms with Gasteiger partial charge in [-0.3, -0.25) is 4.98 Å². The number of benzene rings is 2. The molecule has 0 saturated carbocycles. The number of imidazole rings is 1. The second kappa shape index (κ2) is 11.4. The van der Waals surface area contributed by atoms with Crippen LogP contribution in [0.2, 0.25) is 0 Å². The van der Waals surface area contributed by atoms with Gasteiger partial charge in [0.25, 0.3) is 0 Å². The van der Waals surface area contributed by atoms with Gasteiger partial charge in [0.05, 0.1) is 39.4 Å². The maximum Gasteiger partial charge on any atom is 0.417 e. The Balaban J connectivity index is 1.51. The Hall–Kier alpha value is -4.98. The van der Waals surface area contributed by atoms with Crippen molar-refractivity contribution in [3.05, 3.63) is 95.6 Å². The van der Waals surface area contributed by atoms with Crippen LogP contribution in [0.15, 0.2) is 61.1 Å². The van der Waals surface area contributed by atoms with E-state index in [-0.39, 0.29) is 28.5 Å². The van der Waals surface area contributed by atoms with Gasteiger partial charge in [-0.05, 0) is 49.6 Å². The number of nitrogens with one attached hydrogen (secondary N) is 1. The smallest absolute Gasteiger partial charge is 0.370 e. The minimum absolute atomic E-state index is 0.0476. The van der Waals surface area contributed by atoms with Crippen LogP contribution < -0.4 is 10.6 Å². The minimum atomic E-state index is -4.57. The van der Waals surface area contributed by atoms with Crippen molar-refractivity contribution in [1.29, 1.82) is 0 Å². The molecule has 5 heterocycles. The molecule has 0 radical (unpaired) electrons. The third-order valence-electron chi connectivity index (χ3n) is 8.58. The van der Waals surface area contributed by atoms with Gasteiger partial charge in [-0.15, -0.1) is 0 Å². The molecule has 0 bridgehead atoms. The molecule has 47 heavy (non-hydrogen) atoms. The third-order valence-corrected chi connectivity index (χ3v) is 8.58. The van der Waals surface area contributed by atoms with Crippen molar-refractivity contribution in [2.45, 2.75) is 38.0 Å². The zero-order valence-electron chi connectivity index (χ0n) is 24.7. The number of pyridine rings is 2. The topological polar surface area (TPSA) is 88.7 Å². The van der Waals surface area contributed by atoms with Gasteiger partial charge in [0.15, 0.2) is 11.6 Å². The molecule has 1 unspecified atom stereocenters. The summed E-state index contributed by atoms with van der Waals surface area (Å²) in [6, 6.07) is 6.64. The minimum Gasteiger partial charge on any atom is -0.370 e. The van der Waals surface area contributed by atoms with Crippen LogP contribution in [0, 0.1) is 23.3 Å². The van der Waals surface area contributed by atoms with Crippen molar-refractivity contribution in [3.8, 4) is 22.5 Å². The molecule has 4 aromatic heterocycles. The molecule has 0 aliphatic carbocycles. The predicted octanol–water partition coefficient (Wildman–Crippen LogP) is 7.75. The number of aromatic amines is 1. The molecule has 6 aromatic rings. The van der Waals surface area contributed by atoms with Crippen LogP contribution in [0.4, 0.5) is 36.4 Å². The molecule has 7 nitrogen and oxygen atoms in total. The summed E-state index contributed by atoms with van der Waals surface area (Å²) >= 11 is 0. The van der Waals surface area contributed by atoms with E-state index in [9.17, 15) is 30.7 Å². The van der Waals surface area contributed by atoms with Gasteiger partial charge in [0.1, 0.15) is 23.1 Å². The molecule has 2 aromatic carbocycles. The molecule has 1 aliphatic heterocycles. The number of anilines is 1. The Morgan fingerprint density at radius 2 is 1.60 bits per heavy atom. The Bertz CT molecular complexity index is 2070. The maximum atomic E-state index is 14.5. The number of nitrogens with two attached hydrogens (primary N) is 1. The number of alkyl halides is 3. The highest BCUT2D eigenvalue weighted by Gasteiger charge is 2.32. The van der Waals surface area contributed by atoms with Gasteiger partial charge >= 0.3 is 6.18 Å². The molecule has 1 saturated heterocycles. The van der Waals surface area contributed by atoms with Crippen molar-refractivity contribution in [2.24, 2.45) is 5.73 Å². The largest absolute Gasteiger partial charge is 0.417 e. The Morgan fingerprint density at radius 3 is 2.26 bits per heavy atom. The summed E-state index contributed by atoms with van der Waals surface area (Å²) in [4.78, 5) is 18.4. The Labute approximate surface area is 262 Å².